The molecule has 1 aromatic heterocycles. The molecule has 0 aliphatic rings. The van der Waals surface area contributed by atoms with Crippen LogP contribution in [0.2, 0.25) is 0 Å². The van der Waals surface area contributed by atoms with Gasteiger partial charge in [0.25, 0.3) is 5.69 Å². The first-order valence-electron chi connectivity index (χ1n) is 5.44. The molecule has 0 unspecified atom stereocenters. The molecule has 0 saturated carbocycles. The number of aryl methyl sites for hydroxylation is 1. The Labute approximate surface area is 126 Å². The molecule has 0 radical (unpaired) electrons. The quantitative estimate of drug-likeness (QED) is 0.457. The normalized spacial score (nSPS) is 10.6. The summed E-state index contributed by atoms with van der Waals surface area (Å²) in [5.41, 5.74) is 0.720. The number of hydrogen-bond acceptors (Lipinski definition) is 5. The van der Waals surface area contributed by atoms with Crippen molar-refractivity contribution < 1.29 is 4.92 Å². The van der Waals surface area contributed by atoms with Gasteiger partial charge in [-0.25, -0.2) is 0 Å². The molecule has 2 rings (SSSR count). The summed E-state index contributed by atoms with van der Waals surface area (Å²) in [7, 11) is 0. The molecule has 0 atom stereocenters. The van der Waals surface area contributed by atoms with Crippen LogP contribution in [0.15, 0.2) is 22.7 Å². The molecule has 0 spiro atoms. The second-order valence-electron chi connectivity index (χ2n) is 3.75. The van der Waals surface area contributed by atoms with Gasteiger partial charge < -0.3 is 0 Å². The highest BCUT2D eigenvalue weighted by Gasteiger charge is 2.13. The van der Waals surface area contributed by atoms with Crippen molar-refractivity contribution >= 4 is 44.6 Å². The highest BCUT2D eigenvalue weighted by Crippen LogP contribution is 2.30. The van der Waals surface area contributed by atoms with Crippen molar-refractivity contribution in [2.75, 3.05) is 5.88 Å². The fraction of sp³-hybridized carbons (Fsp3) is 0.273. The van der Waals surface area contributed by atoms with E-state index in [1.54, 1.807) is 6.07 Å². The van der Waals surface area contributed by atoms with Crippen LogP contribution < -0.4 is 0 Å². The first-order chi connectivity index (χ1) is 9.10. The van der Waals surface area contributed by atoms with Crippen LogP contribution in [-0.2, 0) is 6.42 Å². The molecule has 0 fully saturated rings. The molecule has 0 amide bonds. The number of nitro benzene ring substituents is 1. The fourth-order valence-corrected chi connectivity index (χ4v) is 2.98. The average Bonchev–Trinajstić information content (AvgIpc) is 2.84. The minimum atomic E-state index is -0.427. The van der Waals surface area contributed by atoms with E-state index in [0.717, 1.165) is 17.8 Å². The zero-order valence-electron chi connectivity index (χ0n) is 9.68. The summed E-state index contributed by atoms with van der Waals surface area (Å²) in [5.74, 6) is 0.581. The van der Waals surface area contributed by atoms with E-state index in [-0.39, 0.29) is 5.69 Å². The van der Waals surface area contributed by atoms with Gasteiger partial charge in [-0.1, -0.05) is 27.3 Å². The molecule has 1 heterocycles. The first kappa shape index (κ1) is 14.4. The highest BCUT2D eigenvalue weighted by atomic mass is 79.9. The minimum absolute atomic E-state index is 0.0295. The number of nitro groups is 1. The van der Waals surface area contributed by atoms with Gasteiger partial charge in [-0.15, -0.1) is 21.8 Å². The van der Waals surface area contributed by atoms with Crippen LogP contribution in [0.3, 0.4) is 0 Å². The summed E-state index contributed by atoms with van der Waals surface area (Å²) in [6.07, 6.45) is 1.62. The monoisotopic (exact) mass is 361 g/mol. The lowest BCUT2D eigenvalue weighted by Gasteiger charge is -1.98. The van der Waals surface area contributed by atoms with Gasteiger partial charge in [-0.2, -0.15) is 0 Å². The van der Waals surface area contributed by atoms with Gasteiger partial charge in [0.2, 0.25) is 0 Å². The Morgan fingerprint density at radius 1 is 1.37 bits per heavy atom. The Morgan fingerprint density at radius 3 is 2.84 bits per heavy atom. The van der Waals surface area contributed by atoms with E-state index in [2.05, 4.69) is 26.1 Å². The van der Waals surface area contributed by atoms with E-state index in [1.807, 2.05) is 0 Å². The maximum absolute atomic E-state index is 10.8. The number of non-ortho nitro benzene ring substituents is 1. The van der Waals surface area contributed by atoms with Crippen LogP contribution >= 0.6 is 38.9 Å². The van der Waals surface area contributed by atoms with E-state index in [0.29, 0.717) is 20.9 Å². The first-order valence-corrected chi connectivity index (χ1v) is 7.58. The Kier molecular flexibility index (Phi) is 4.84. The smallest absolute Gasteiger partial charge is 0.258 e. The molecule has 0 aliphatic carbocycles. The molecule has 0 bridgehead atoms. The molecular weight excluding hydrogens is 354 g/mol. The number of rotatable bonds is 5. The SMILES string of the molecule is O=[N+]([O-])c1cc(Br)cc(-c2nnc(CCCCl)s2)c1. The van der Waals surface area contributed by atoms with Crippen molar-refractivity contribution in [2.24, 2.45) is 0 Å². The Morgan fingerprint density at radius 2 is 2.16 bits per heavy atom. The van der Waals surface area contributed by atoms with Crippen LogP contribution in [0.4, 0.5) is 5.69 Å². The van der Waals surface area contributed by atoms with Crippen LogP contribution in [0, 0.1) is 10.1 Å². The average molecular weight is 363 g/mol. The van der Waals surface area contributed by atoms with Crippen molar-refractivity contribution in [3.63, 3.8) is 0 Å². The van der Waals surface area contributed by atoms with E-state index < -0.39 is 4.92 Å². The summed E-state index contributed by atoms with van der Waals surface area (Å²) in [6.45, 7) is 0. The lowest BCUT2D eigenvalue weighted by Crippen LogP contribution is -1.88. The number of halogens is 2. The van der Waals surface area contributed by atoms with E-state index in [1.165, 1.54) is 23.5 Å². The number of alkyl halides is 1. The topological polar surface area (TPSA) is 68.9 Å². The molecule has 5 nitrogen and oxygen atoms in total. The second kappa shape index (κ2) is 6.40. The highest BCUT2D eigenvalue weighted by molar-refractivity contribution is 9.10. The Balaban J connectivity index is 2.30. The van der Waals surface area contributed by atoms with Gasteiger partial charge >= 0.3 is 0 Å². The molecule has 100 valence electrons. The van der Waals surface area contributed by atoms with Crippen LogP contribution in [-0.4, -0.2) is 21.0 Å². The van der Waals surface area contributed by atoms with Crippen molar-refractivity contribution in [2.45, 2.75) is 12.8 Å². The van der Waals surface area contributed by atoms with Crippen molar-refractivity contribution in [3.05, 3.63) is 37.8 Å². The Hall–Kier alpha value is -1.05. The maximum Gasteiger partial charge on any atom is 0.271 e. The summed E-state index contributed by atoms with van der Waals surface area (Å²) < 4.78 is 0.647. The summed E-state index contributed by atoms with van der Waals surface area (Å²) in [6, 6.07) is 4.74. The number of nitrogens with zero attached hydrogens (tertiary/aromatic N) is 3. The summed E-state index contributed by atoms with van der Waals surface area (Å²) >= 11 is 10.3. The van der Waals surface area contributed by atoms with Crippen molar-refractivity contribution in [3.8, 4) is 10.6 Å². The second-order valence-corrected chi connectivity index (χ2v) is 6.10. The predicted molar refractivity (Wildman–Crippen MR) is 78.7 cm³/mol. The minimum Gasteiger partial charge on any atom is -0.258 e. The molecule has 0 saturated heterocycles. The third-order valence-corrected chi connectivity index (χ3v) is 4.09. The molecular formula is C11H9BrClN3O2S. The molecule has 8 heteroatoms. The van der Waals surface area contributed by atoms with Crippen LogP contribution in [0.25, 0.3) is 10.6 Å². The lowest BCUT2D eigenvalue weighted by atomic mass is 10.2. The van der Waals surface area contributed by atoms with Gasteiger partial charge in [-0.3, -0.25) is 10.1 Å². The third-order valence-electron chi connectivity index (χ3n) is 2.33. The summed E-state index contributed by atoms with van der Waals surface area (Å²) in [4.78, 5) is 10.4. The van der Waals surface area contributed by atoms with Crippen LogP contribution in [0.1, 0.15) is 11.4 Å². The van der Waals surface area contributed by atoms with Gasteiger partial charge in [0.05, 0.1) is 4.92 Å². The molecule has 19 heavy (non-hydrogen) atoms. The maximum atomic E-state index is 10.8. The zero-order valence-corrected chi connectivity index (χ0v) is 12.8. The molecule has 1 aromatic carbocycles. The van der Waals surface area contributed by atoms with E-state index in [4.69, 9.17) is 11.6 Å². The summed E-state index contributed by atoms with van der Waals surface area (Å²) in [5, 5.41) is 20.5. The standard InChI is InChI=1S/C11H9BrClN3O2S/c12-8-4-7(5-9(6-8)16(17)18)11-15-14-10(19-11)2-1-3-13/h4-6H,1-3H2. The van der Waals surface area contributed by atoms with Crippen molar-refractivity contribution in [1.82, 2.24) is 10.2 Å². The van der Waals surface area contributed by atoms with Gasteiger partial charge in [0, 0.05) is 34.5 Å². The number of hydrogen-bond donors (Lipinski definition) is 0. The molecule has 0 aliphatic heterocycles. The number of benzene rings is 1. The van der Waals surface area contributed by atoms with Gasteiger partial charge in [0.15, 0.2) is 0 Å². The Bertz CT molecular complexity index is 605. The largest absolute Gasteiger partial charge is 0.271 e. The lowest BCUT2D eigenvalue weighted by molar-refractivity contribution is -0.384. The predicted octanol–water partition coefficient (Wildman–Crippen LogP) is 4.05. The fourth-order valence-electron chi connectivity index (χ4n) is 1.49. The van der Waals surface area contributed by atoms with Gasteiger partial charge in [-0.05, 0) is 12.5 Å². The molecule has 2 aromatic rings. The molecule has 0 N–H and O–H groups in total. The zero-order chi connectivity index (χ0) is 13.8. The van der Waals surface area contributed by atoms with Crippen molar-refractivity contribution in [1.29, 1.82) is 0 Å². The third kappa shape index (κ3) is 3.71. The van der Waals surface area contributed by atoms with Crippen LogP contribution in [0.5, 0.6) is 0 Å². The van der Waals surface area contributed by atoms with Gasteiger partial charge in [0.1, 0.15) is 10.0 Å². The number of aromatic nitrogens is 2. The van der Waals surface area contributed by atoms with E-state index in [9.17, 15) is 10.1 Å². The van der Waals surface area contributed by atoms with E-state index >= 15 is 0 Å².